The number of benzene rings is 16. The number of isocyanates is 1. The van der Waals surface area contributed by atoms with E-state index < -0.39 is 23.6 Å². The molecule has 4 atom stereocenters. The van der Waals surface area contributed by atoms with Crippen molar-refractivity contribution in [3.05, 3.63) is 332 Å². The number of hydrogen-bond donors (Lipinski definition) is 0. The number of anilines is 2. The van der Waals surface area contributed by atoms with E-state index >= 15 is 19.2 Å². The van der Waals surface area contributed by atoms with Crippen LogP contribution in [0.2, 0.25) is 0 Å². The van der Waals surface area contributed by atoms with E-state index in [0.717, 1.165) is 131 Å². The molecule has 4 amide bonds. The summed E-state index contributed by atoms with van der Waals surface area (Å²) >= 11 is 0. The summed E-state index contributed by atoms with van der Waals surface area (Å²) in [7, 11) is 0. The molecule has 0 N–H and O–H groups in total. The van der Waals surface area contributed by atoms with E-state index in [1.165, 1.54) is 9.80 Å². The van der Waals surface area contributed by atoms with Crippen molar-refractivity contribution in [3.63, 3.8) is 0 Å². The van der Waals surface area contributed by atoms with Crippen LogP contribution in [-0.2, 0) is 26.5 Å². The number of rotatable bonds is 16. The summed E-state index contributed by atoms with van der Waals surface area (Å²) in [6.07, 6.45) is 23.2. The van der Waals surface area contributed by atoms with Gasteiger partial charge >= 0.3 is 0 Å². The Morgan fingerprint density at radius 1 is 0.293 bits per heavy atom. The Morgan fingerprint density at radius 3 is 0.764 bits per heavy atom. The molecule has 0 saturated carbocycles. The number of carbonyl (C=O) groups excluding carboxylic acids is 5. The lowest BCUT2D eigenvalue weighted by Crippen LogP contribution is -2.42. The predicted molar refractivity (Wildman–Crippen MR) is 566 cm³/mol. The van der Waals surface area contributed by atoms with Gasteiger partial charge in [-0.3, -0.25) is 19.2 Å². The number of imide groups is 2. The summed E-state index contributed by atoms with van der Waals surface area (Å²) in [6.45, 7) is 42.3. The number of fused-ring (bicyclic) bond motifs is 12. The SMILES string of the molecule is CC(C)c1cc(N=C=O)cc(C(C)C)c1N1C(=O)c2cc(Oc3ccc(C(C)(C)C)cc3)c3c4ccc5c6c(ccc(c7c(Oc8ccc(C(C)(C)C)cc8)cc(c2c37)C1=O)c64)C1=C[C@H]2/C=C\[C@H]3C=C4C(=CC3/C=C\C2C=C15)c1ccc2c3c(Oc5ccc(C(C)(C)C)cc5)cc5c6c(cc(Oc7ccc(C(C)(C)C)cc7)c(c7ccc4c1c27)c63)C(=O)N(c1c(C(C)C)cc(OC#N)cc1C(C)C)C5=O. The zero-order valence-corrected chi connectivity index (χ0v) is 82.6. The lowest BCUT2D eigenvalue weighted by atomic mass is 9.75. The molecule has 5 aliphatic carbocycles. The maximum absolute atomic E-state index is 16.4. The van der Waals surface area contributed by atoms with Crippen LogP contribution in [0.5, 0.6) is 51.7 Å². The van der Waals surface area contributed by atoms with Crippen LogP contribution < -0.4 is 33.5 Å². The predicted octanol–water partition coefficient (Wildman–Crippen LogP) is 32.9. The van der Waals surface area contributed by atoms with Crippen molar-refractivity contribution < 1.29 is 47.7 Å². The zero-order chi connectivity index (χ0) is 97.7. The summed E-state index contributed by atoms with van der Waals surface area (Å²) in [6, 6.07) is 65.2. The molecule has 0 bridgehead atoms. The molecule has 0 radical (unpaired) electrons. The Kier molecular flexibility index (Phi) is 20.0. The van der Waals surface area contributed by atoms with Gasteiger partial charge in [-0.25, -0.2) is 14.6 Å². The van der Waals surface area contributed by atoms with Crippen LogP contribution in [0.3, 0.4) is 0 Å². The maximum atomic E-state index is 16.4. The number of nitriles is 1. The van der Waals surface area contributed by atoms with Crippen molar-refractivity contribution in [3.8, 4) is 58.0 Å². The highest BCUT2D eigenvalue weighted by Crippen LogP contribution is 2.63. The van der Waals surface area contributed by atoms with E-state index in [1.807, 2.05) is 134 Å². The summed E-state index contributed by atoms with van der Waals surface area (Å²) in [5.74, 6) is 1.46. The topological polar surface area (TPSA) is 174 Å². The van der Waals surface area contributed by atoms with Gasteiger partial charge in [0.1, 0.15) is 51.7 Å². The first kappa shape index (κ1) is 88.7. The molecule has 692 valence electrons. The van der Waals surface area contributed by atoms with E-state index in [1.54, 1.807) is 30.3 Å². The molecular formula is C126H108N4O10. The van der Waals surface area contributed by atoms with Crippen molar-refractivity contribution in [1.82, 2.24) is 0 Å². The van der Waals surface area contributed by atoms with E-state index in [-0.39, 0.29) is 69.0 Å². The summed E-state index contributed by atoms with van der Waals surface area (Å²) in [4.78, 5) is 84.3. The highest BCUT2D eigenvalue weighted by molar-refractivity contribution is 6.48. The third-order valence-corrected chi connectivity index (χ3v) is 30.3. The quantitative estimate of drug-likeness (QED) is 0.0171. The van der Waals surface area contributed by atoms with Crippen LogP contribution in [0.25, 0.3) is 108 Å². The number of carbonyl (C=O) groups is 4. The van der Waals surface area contributed by atoms with Crippen LogP contribution in [0.4, 0.5) is 17.1 Å². The Labute approximate surface area is 814 Å². The summed E-state index contributed by atoms with van der Waals surface area (Å²) in [5.41, 5.74) is 18.2. The summed E-state index contributed by atoms with van der Waals surface area (Å²) < 4.78 is 35.1. The van der Waals surface area contributed by atoms with Crippen LogP contribution in [0.15, 0.2) is 248 Å². The molecule has 16 aromatic carbocycles. The molecule has 14 heteroatoms. The number of nitrogens with zero attached hydrogens (tertiary/aromatic N) is 4. The van der Waals surface area contributed by atoms with Gasteiger partial charge in [-0.05, 0) is 275 Å². The van der Waals surface area contributed by atoms with Gasteiger partial charge < -0.3 is 23.7 Å². The minimum atomic E-state index is -0.504. The van der Waals surface area contributed by atoms with E-state index in [2.05, 4.69) is 234 Å². The monoisotopic (exact) mass is 1840 g/mol. The minimum absolute atomic E-state index is 0.0271. The maximum Gasteiger partial charge on any atom is 0.292 e. The highest BCUT2D eigenvalue weighted by Gasteiger charge is 2.46. The molecule has 2 heterocycles. The van der Waals surface area contributed by atoms with Crippen LogP contribution >= 0.6 is 0 Å². The molecule has 0 saturated heterocycles. The van der Waals surface area contributed by atoms with Crippen molar-refractivity contribution >= 4 is 155 Å². The molecule has 23 rings (SSSR count). The number of aliphatic imine (C=N–C) groups is 1. The molecular weight excluding hydrogens is 1730 g/mol. The Balaban J connectivity index is 0.682. The fraction of sp³-hybridized carbons (Fsp3) is 0.254. The number of allylic oxidation sites excluding steroid dienone is 12. The van der Waals surface area contributed by atoms with Crippen molar-refractivity contribution in [2.45, 2.75) is 184 Å². The fourth-order valence-electron chi connectivity index (χ4n) is 23.2. The third kappa shape index (κ3) is 13.7. The van der Waals surface area contributed by atoms with Crippen molar-refractivity contribution in [2.75, 3.05) is 9.80 Å². The Morgan fingerprint density at radius 2 is 0.536 bits per heavy atom. The van der Waals surface area contributed by atoms with E-state index in [9.17, 15) is 10.1 Å². The molecule has 0 aromatic heterocycles. The lowest BCUT2D eigenvalue weighted by Gasteiger charge is -2.33. The average molecular weight is 1840 g/mol. The fourth-order valence-corrected chi connectivity index (χ4v) is 23.2. The molecule has 2 aliphatic heterocycles. The van der Waals surface area contributed by atoms with Gasteiger partial charge in [0.05, 0.1) is 39.3 Å². The van der Waals surface area contributed by atoms with Gasteiger partial charge in [0.25, 0.3) is 29.9 Å². The zero-order valence-electron chi connectivity index (χ0n) is 82.6. The Hall–Kier alpha value is -15.3. The molecule has 7 aliphatic rings. The van der Waals surface area contributed by atoms with Crippen molar-refractivity contribution in [2.24, 2.45) is 28.7 Å². The number of hydrogen-bond acceptors (Lipinski definition) is 12. The highest BCUT2D eigenvalue weighted by atomic mass is 16.5. The molecule has 0 fully saturated rings. The standard InChI is InChI=1S/C126H108N4O10/c1-63(2)89-53-75(128-62-131)54-90(64(3)4)117(89)129-119(132)97-57-101(137-76-33-25-71(26-34-76)123(9,10)11)111-85-45-41-81-93-49-67-21-23-69-51-95-83-43-47-87-108-88(48-44-84(106(83)108)96(95)52-70(69)24-22-68(67)50-94(93)82-42-46-86(107(85)105(81)82)112-102(58-98(120(129)133)109(97)115(111)112)138-77-35-27-72(28-36-77)124(12,13)14)114-104(140-79-39-31-74(32-40-79)126(18,19)20)60-100-110-99(59-103(113(87)116(110)114)139-78-37-29-73(30-38-78)125(15,16)17)121(134)130(122(100)135)118-91(65(5)6)55-80(136-61-127)56-92(118)66(7)8/h21-60,63-70H,1-20H3/b23-21-,24-22-/t67-,68?,69+,70?/m1/s1. The van der Waals surface area contributed by atoms with Crippen LogP contribution in [-0.4, -0.2) is 29.7 Å². The number of amides is 4. The normalized spacial score (nSPS) is 17.6. The molecule has 2 unspecified atom stereocenters. The number of ether oxygens (including phenoxy) is 5. The molecule has 0 spiro atoms. The first-order valence-electron chi connectivity index (χ1n) is 49.0. The van der Waals surface area contributed by atoms with Gasteiger partial charge in [-0.15, -0.1) is 5.26 Å². The van der Waals surface area contributed by atoms with E-state index in [0.29, 0.717) is 135 Å². The first-order valence-corrected chi connectivity index (χ1v) is 49.0. The van der Waals surface area contributed by atoms with Crippen LogP contribution in [0, 0.1) is 35.2 Å². The Bertz CT molecular complexity index is 8030. The largest absolute Gasteiger partial charge is 0.457 e. The van der Waals surface area contributed by atoms with Gasteiger partial charge in [0.15, 0.2) is 0 Å². The van der Waals surface area contributed by atoms with Crippen molar-refractivity contribution in [1.29, 1.82) is 5.26 Å². The minimum Gasteiger partial charge on any atom is -0.457 e. The molecule has 140 heavy (non-hydrogen) atoms. The first-order chi connectivity index (χ1) is 66.8. The second-order valence-electron chi connectivity index (χ2n) is 44.6. The third-order valence-electron chi connectivity index (χ3n) is 30.3. The van der Waals surface area contributed by atoms with Gasteiger partial charge in [0.2, 0.25) is 6.08 Å². The van der Waals surface area contributed by atoms with E-state index in [4.69, 9.17) is 23.7 Å². The second-order valence-corrected chi connectivity index (χ2v) is 44.6. The smallest absolute Gasteiger partial charge is 0.292 e. The van der Waals surface area contributed by atoms with Gasteiger partial charge in [-0.1, -0.05) is 284 Å². The molecule has 16 aromatic rings. The second kappa shape index (κ2) is 31.6. The average Bonchev–Trinajstić information content (AvgIpc) is 1.18. The summed E-state index contributed by atoms with van der Waals surface area (Å²) in [5, 5.41) is 23.0. The van der Waals surface area contributed by atoms with Gasteiger partial charge in [0, 0.05) is 66.8 Å². The van der Waals surface area contributed by atoms with Gasteiger partial charge in [-0.2, -0.15) is 4.99 Å². The van der Waals surface area contributed by atoms with Crippen LogP contribution in [0.1, 0.15) is 270 Å². The molecule has 14 nitrogen and oxygen atoms in total. The lowest BCUT2D eigenvalue weighted by molar-refractivity contribution is 0.0877.